The number of ether oxygens (including phenoxy) is 3. The molecule has 3 aromatic rings. The molecule has 0 bridgehead atoms. The monoisotopic (exact) mass is 1320 g/mol. The van der Waals surface area contributed by atoms with Crippen LogP contribution in [0.15, 0.2) is 72.8 Å². The molecule has 0 aliphatic carbocycles. The third-order valence-electron chi connectivity index (χ3n) is 14.5. The number of carboxylic acids is 6. The molecular formula is C72H114MoO15. The van der Waals surface area contributed by atoms with Crippen molar-refractivity contribution < 1.29 is 94.7 Å². The number of rotatable bonds is 45. The van der Waals surface area contributed by atoms with Gasteiger partial charge in [0.15, 0.2) is 0 Å². The Hall–Kier alpha value is -5.43. The predicted octanol–water partition coefficient (Wildman–Crippen LogP) is 12.4. The molecule has 0 saturated heterocycles. The molecule has 88 heavy (non-hydrogen) atoms. The Morgan fingerprint density at radius 2 is 0.466 bits per heavy atom. The minimum Gasteiger partial charge on any atom is -0.550 e. The van der Waals surface area contributed by atoms with Crippen LogP contribution < -0.4 is 44.8 Å². The van der Waals surface area contributed by atoms with E-state index < -0.39 is 35.8 Å². The summed E-state index contributed by atoms with van der Waals surface area (Å²) in [6.45, 7) is 20.6. The quantitative estimate of drug-likeness (QED) is 0.0376. The second kappa shape index (κ2) is 64.6. The number of hydrogen-bond acceptors (Lipinski definition) is 15. The van der Waals surface area contributed by atoms with E-state index in [2.05, 4.69) is 41.5 Å². The van der Waals surface area contributed by atoms with Gasteiger partial charge in [0.25, 0.3) is 0 Å². The van der Waals surface area contributed by atoms with E-state index in [1.165, 1.54) is 152 Å². The van der Waals surface area contributed by atoms with E-state index in [1.807, 2.05) is 20.8 Å². The average Bonchev–Trinajstić information content (AvgIpc) is 3.69. The number of unbranched alkanes of at least 4 members (excludes halogenated alkanes) is 21. The van der Waals surface area contributed by atoms with Gasteiger partial charge in [0.2, 0.25) is 0 Å². The van der Waals surface area contributed by atoms with E-state index in [0.717, 1.165) is 94.3 Å². The van der Waals surface area contributed by atoms with Gasteiger partial charge in [-0.1, -0.05) is 216 Å². The number of carbonyl (C=O) groups is 6. The first-order valence-corrected chi connectivity index (χ1v) is 33.3. The molecule has 0 fully saturated rings. The zero-order valence-electron chi connectivity index (χ0n) is 55.6. The summed E-state index contributed by atoms with van der Waals surface area (Å²) in [5.41, 5.74) is 0.551. The molecule has 3 rings (SSSR count). The minimum absolute atomic E-state index is 0. The Morgan fingerprint density at radius 3 is 0.625 bits per heavy atom. The smallest absolute Gasteiger partial charge is 0.550 e. The topological polar surface area (TPSA) is 268 Å². The van der Waals surface area contributed by atoms with E-state index in [-0.39, 0.29) is 55.5 Å². The summed E-state index contributed by atoms with van der Waals surface area (Å²) >= 11 is 0. The van der Waals surface area contributed by atoms with Gasteiger partial charge in [-0.25, -0.2) is 0 Å². The molecule has 0 radical (unpaired) electrons. The number of aliphatic carboxylic acids is 3. The van der Waals surface area contributed by atoms with E-state index in [9.17, 15) is 59.4 Å². The SMILES string of the molecule is CCCCC(CC)C(=O)[O-].CCCCC(CC)C(=O)[O-].CCCCC(CC)C(=O)[O-].CCCCCCCCCOc1ccc(C(=O)[O-])cc1.CCCCCCCCCOc1ccc(C(=O)[O-])cc1.CCCCCCCCCOc1ccc(C(=O)[O-])cc1.[Mo+6]. The molecule has 498 valence electrons. The summed E-state index contributed by atoms with van der Waals surface area (Å²) in [4.78, 5) is 62.7. The molecule has 0 aliphatic rings. The van der Waals surface area contributed by atoms with Crippen LogP contribution in [-0.4, -0.2) is 55.6 Å². The van der Waals surface area contributed by atoms with Gasteiger partial charge in [-0.2, -0.15) is 0 Å². The molecule has 15 nitrogen and oxygen atoms in total. The molecule has 16 heteroatoms. The normalized spacial score (nSPS) is 11.1. The maximum atomic E-state index is 10.6. The number of hydrogen-bond donors (Lipinski definition) is 0. The van der Waals surface area contributed by atoms with Crippen molar-refractivity contribution in [2.24, 2.45) is 17.8 Å². The van der Waals surface area contributed by atoms with E-state index >= 15 is 0 Å². The molecule has 0 saturated carbocycles. The van der Waals surface area contributed by atoms with Crippen molar-refractivity contribution in [3.05, 3.63) is 89.5 Å². The average molecular weight is 1320 g/mol. The summed E-state index contributed by atoms with van der Waals surface area (Å²) in [7, 11) is 0. The van der Waals surface area contributed by atoms with Gasteiger partial charge in [0, 0.05) is 17.9 Å². The van der Waals surface area contributed by atoms with Gasteiger partial charge in [0.1, 0.15) is 17.2 Å². The number of aromatic carboxylic acids is 3. The number of carbonyl (C=O) groups excluding carboxylic acids is 6. The molecule has 0 spiro atoms. The van der Waals surface area contributed by atoms with E-state index in [4.69, 9.17) is 14.2 Å². The fourth-order valence-corrected chi connectivity index (χ4v) is 8.63. The van der Waals surface area contributed by atoms with E-state index in [1.54, 1.807) is 36.4 Å². The standard InChI is InChI=1S/3C16H24O3.3C8H16O2.Mo/c3*1-2-3-4-5-6-7-8-13-19-15-11-9-14(10-12-15)16(17)18;3*1-3-5-6-7(4-2)8(9)10;/h3*9-12H,2-8,13H2,1H3,(H,17,18);3*7H,3-6H2,1-2H3,(H,9,10);/q;;;;;;+6/p-6. The summed E-state index contributed by atoms with van der Waals surface area (Å²) in [5, 5.41) is 62.7. The van der Waals surface area contributed by atoms with Crippen molar-refractivity contribution in [1.29, 1.82) is 0 Å². The van der Waals surface area contributed by atoms with Crippen LogP contribution in [-0.2, 0) is 35.4 Å². The Labute approximate surface area is 546 Å². The van der Waals surface area contributed by atoms with Crippen LogP contribution in [0.5, 0.6) is 17.2 Å². The Kier molecular flexibility index (Phi) is 65.3. The van der Waals surface area contributed by atoms with Crippen molar-refractivity contribution in [2.45, 2.75) is 274 Å². The third-order valence-corrected chi connectivity index (χ3v) is 14.5. The van der Waals surface area contributed by atoms with Crippen LogP contribution in [0.1, 0.15) is 305 Å². The first-order valence-electron chi connectivity index (χ1n) is 33.3. The van der Waals surface area contributed by atoms with Gasteiger partial charge in [-0.05, 0) is 165 Å². The maximum Gasteiger partial charge on any atom is 6.00 e. The fourth-order valence-electron chi connectivity index (χ4n) is 8.63. The van der Waals surface area contributed by atoms with Crippen LogP contribution >= 0.6 is 0 Å². The van der Waals surface area contributed by atoms with Crippen molar-refractivity contribution in [1.82, 2.24) is 0 Å². The minimum atomic E-state index is -1.15. The molecular weight excluding hydrogens is 1200 g/mol. The van der Waals surface area contributed by atoms with Crippen molar-refractivity contribution in [3.63, 3.8) is 0 Å². The molecule has 0 amide bonds. The van der Waals surface area contributed by atoms with Gasteiger partial charge in [-0.15, -0.1) is 0 Å². The Morgan fingerprint density at radius 1 is 0.284 bits per heavy atom. The first-order chi connectivity index (χ1) is 41.9. The van der Waals surface area contributed by atoms with Crippen LogP contribution in [0.4, 0.5) is 0 Å². The van der Waals surface area contributed by atoms with Gasteiger partial charge in [-0.3, -0.25) is 0 Å². The number of carboxylic acid groups (broad SMARTS) is 6. The maximum absolute atomic E-state index is 10.6. The summed E-state index contributed by atoms with van der Waals surface area (Å²) < 4.78 is 16.7. The van der Waals surface area contributed by atoms with Crippen LogP contribution in [0.25, 0.3) is 0 Å². The van der Waals surface area contributed by atoms with Gasteiger partial charge < -0.3 is 73.6 Å². The van der Waals surface area contributed by atoms with Crippen LogP contribution in [0.2, 0.25) is 0 Å². The Bertz CT molecular complexity index is 1860. The summed E-state index contributed by atoms with van der Waals surface area (Å²) in [5.74, 6) is -4.65. The first kappa shape index (κ1) is 89.0. The number of benzene rings is 3. The summed E-state index contributed by atoms with van der Waals surface area (Å²) in [6.07, 6.45) is 36.9. The van der Waals surface area contributed by atoms with E-state index in [0.29, 0.717) is 39.1 Å². The van der Waals surface area contributed by atoms with Crippen LogP contribution in [0, 0.1) is 17.8 Å². The third kappa shape index (κ3) is 54.7. The Balaban J connectivity index is -0.000000492. The molecule has 3 atom stereocenters. The molecule has 0 heterocycles. The second-order valence-electron chi connectivity index (χ2n) is 22.0. The molecule has 3 aromatic carbocycles. The fraction of sp³-hybridized carbons (Fsp3) is 0.667. The van der Waals surface area contributed by atoms with Crippen molar-refractivity contribution in [3.8, 4) is 17.2 Å². The zero-order valence-corrected chi connectivity index (χ0v) is 57.7. The summed E-state index contributed by atoms with van der Waals surface area (Å²) in [6, 6.07) is 19.1. The second-order valence-corrected chi connectivity index (χ2v) is 22.0. The van der Waals surface area contributed by atoms with Gasteiger partial charge in [0.05, 0.1) is 37.7 Å². The van der Waals surface area contributed by atoms with Crippen molar-refractivity contribution in [2.75, 3.05) is 19.8 Å². The molecule has 0 N–H and O–H groups in total. The van der Waals surface area contributed by atoms with Crippen LogP contribution in [0.3, 0.4) is 0 Å². The zero-order chi connectivity index (χ0) is 65.7. The van der Waals surface area contributed by atoms with Crippen molar-refractivity contribution >= 4 is 35.8 Å². The van der Waals surface area contributed by atoms with Gasteiger partial charge >= 0.3 is 21.1 Å². The molecule has 0 aliphatic heterocycles. The largest absolute Gasteiger partial charge is 6.00 e. The molecule has 0 aromatic heterocycles. The molecule has 3 unspecified atom stereocenters. The predicted molar refractivity (Wildman–Crippen MR) is 338 cm³/mol.